The molecule has 124 valence electrons. The van der Waals surface area contributed by atoms with Crippen molar-refractivity contribution in [3.8, 4) is 0 Å². The maximum absolute atomic E-state index is 14.0. The molecule has 0 bridgehead atoms. The molecule has 0 atom stereocenters. The molecule has 0 aliphatic carbocycles. The summed E-state index contributed by atoms with van der Waals surface area (Å²) in [5.41, 5.74) is 1.09. The van der Waals surface area contributed by atoms with Crippen molar-refractivity contribution in [1.82, 2.24) is 19.1 Å². The van der Waals surface area contributed by atoms with Crippen molar-refractivity contribution in [3.63, 3.8) is 0 Å². The van der Waals surface area contributed by atoms with Crippen LogP contribution in [0.4, 0.5) is 4.39 Å². The van der Waals surface area contributed by atoms with E-state index in [0.717, 1.165) is 5.56 Å². The third-order valence-electron chi connectivity index (χ3n) is 4.11. The van der Waals surface area contributed by atoms with Crippen LogP contribution in [0.25, 0.3) is 10.9 Å². The highest BCUT2D eigenvalue weighted by Gasteiger charge is 2.11. The van der Waals surface area contributed by atoms with E-state index < -0.39 is 11.4 Å². The van der Waals surface area contributed by atoms with Gasteiger partial charge in [-0.15, -0.1) is 0 Å². The average molecular weight is 334 g/mol. The molecule has 4 aromatic rings. The number of fused-ring (bicyclic) bond motifs is 1. The number of rotatable bonds is 4. The molecule has 0 saturated carbocycles. The molecule has 2 aromatic heterocycles. The highest BCUT2D eigenvalue weighted by atomic mass is 19.1. The third-order valence-corrected chi connectivity index (χ3v) is 4.11. The SMILES string of the molecule is O=c1c2c(F)cccc2ncn1Cc1nccn1Cc1ccccc1. The van der Waals surface area contributed by atoms with E-state index >= 15 is 0 Å². The molecule has 0 aliphatic heterocycles. The van der Waals surface area contributed by atoms with E-state index in [1.165, 1.54) is 17.0 Å². The summed E-state index contributed by atoms with van der Waals surface area (Å²) in [5.74, 6) is 0.153. The molecule has 0 saturated heterocycles. The van der Waals surface area contributed by atoms with Gasteiger partial charge >= 0.3 is 0 Å². The van der Waals surface area contributed by atoms with E-state index in [2.05, 4.69) is 9.97 Å². The first-order valence-electron chi connectivity index (χ1n) is 7.90. The molecule has 4 rings (SSSR count). The number of nitrogens with zero attached hydrogens (tertiary/aromatic N) is 4. The highest BCUT2D eigenvalue weighted by molar-refractivity contribution is 5.77. The highest BCUT2D eigenvalue weighted by Crippen LogP contribution is 2.11. The van der Waals surface area contributed by atoms with Gasteiger partial charge in [0.25, 0.3) is 5.56 Å². The fraction of sp³-hybridized carbons (Fsp3) is 0.105. The van der Waals surface area contributed by atoms with E-state index in [1.807, 2.05) is 41.1 Å². The van der Waals surface area contributed by atoms with Crippen LogP contribution in [-0.2, 0) is 13.1 Å². The van der Waals surface area contributed by atoms with Gasteiger partial charge in [-0.2, -0.15) is 0 Å². The molecule has 0 unspecified atom stereocenters. The Morgan fingerprint density at radius 1 is 0.920 bits per heavy atom. The summed E-state index contributed by atoms with van der Waals surface area (Å²) in [6.45, 7) is 0.885. The Labute approximate surface area is 143 Å². The standard InChI is InChI=1S/C19H15FN4O/c20-15-7-4-8-16-18(15)19(25)24(13-22-16)12-17-21-9-10-23(17)11-14-5-2-1-3-6-14/h1-10,13H,11-12H2. The van der Waals surface area contributed by atoms with Crippen LogP contribution in [0.15, 0.2) is 72.0 Å². The molecule has 2 heterocycles. The summed E-state index contributed by atoms with van der Waals surface area (Å²) in [7, 11) is 0. The lowest BCUT2D eigenvalue weighted by molar-refractivity contribution is 0.625. The van der Waals surface area contributed by atoms with Crippen LogP contribution in [0, 0.1) is 5.82 Å². The molecule has 0 N–H and O–H groups in total. The van der Waals surface area contributed by atoms with Gasteiger partial charge in [-0.25, -0.2) is 14.4 Å². The lowest BCUT2D eigenvalue weighted by Crippen LogP contribution is -2.23. The minimum atomic E-state index is -0.558. The van der Waals surface area contributed by atoms with Crippen molar-refractivity contribution in [1.29, 1.82) is 0 Å². The summed E-state index contributed by atoms with van der Waals surface area (Å²) in [6, 6.07) is 14.4. The largest absolute Gasteiger partial charge is 0.329 e. The Hall–Kier alpha value is -3.28. The number of halogens is 1. The summed E-state index contributed by atoms with van der Waals surface area (Å²) in [6.07, 6.45) is 4.99. The Morgan fingerprint density at radius 3 is 2.60 bits per heavy atom. The fourth-order valence-corrected chi connectivity index (χ4v) is 2.84. The maximum atomic E-state index is 14.0. The first-order valence-corrected chi connectivity index (χ1v) is 7.90. The van der Waals surface area contributed by atoms with E-state index in [0.29, 0.717) is 17.9 Å². The van der Waals surface area contributed by atoms with Crippen molar-refractivity contribution in [2.45, 2.75) is 13.1 Å². The van der Waals surface area contributed by atoms with Gasteiger partial charge in [-0.1, -0.05) is 36.4 Å². The number of imidazole rings is 1. The second-order valence-electron chi connectivity index (χ2n) is 5.77. The predicted molar refractivity (Wildman–Crippen MR) is 92.8 cm³/mol. The van der Waals surface area contributed by atoms with Crippen LogP contribution in [0.1, 0.15) is 11.4 Å². The molecular formula is C19H15FN4O. The maximum Gasteiger partial charge on any atom is 0.264 e. The minimum absolute atomic E-state index is 0.00571. The molecule has 0 spiro atoms. The van der Waals surface area contributed by atoms with E-state index in [9.17, 15) is 9.18 Å². The van der Waals surface area contributed by atoms with Crippen molar-refractivity contribution < 1.29 is 4.39 Å². The number of benzene rings is 2. The van der Waals surface area contributed by atoms with Crippen LogP contribution in [-0.4, -0.2) is 19.1 Å². The molecule has 5 nitrogen and oxygen atoms in total. The zero-order chi connectivity index (χ0) is 17.2. The zero-order valence-electron chi connectivity index (χ0n) is 13.3. The van der Waals surface area contributed by atoms with E-state index in [1.54, 1.807) is 18.3 Å². The van der Waals surface area contributed by atoms with Crippen molar-refractivity contribution in [2.75, 3.05) is 0 Å². The van der Waals surface area contributed by atoms with E-state index in [-0.39, 0.29) is 11.9 Å². The molecular weight excluding hydrogens is 319 g/mol. The molecule has 2 aromatic carbocycles. The van der Waals surface area contributed by atoms with Crippen LogP contribution < -0.4 is 5.56 Å². The average Bonchev–Trinajstić information content (AvgIpc) is 3.05. The Balaban J connectivity index is 1.69. The normalized spacial score (nSPS) is 11.1. The van der Waals surface area contributed by atoms with Crippen molar-refractivity contribution in [3.05, 3.63) is 94.8 Å². The molecule has 0 aliphatic rings. The van der Waals surface area contributed by atoms with Crippen LogP contribution >= 0.6 is 0 Å². The monoisotopic (exact) mass is 334 g/mol. The second-order valence-corrected chi connectivity index (χ2v) is 5.77. The Kier molecular flexibility index (Phi) is 3.85. The van der Waals surface area contributed by atoms with E-state index in [4.69, 9.17) is 0 Å². The lowest BCUT2D eigenvalue weighted by Gasteiger charge is -2.10. The topological polar surface area (TPSA) is 52.7 Å². The van der Waals surface area contributed by atoms with Gasteiger partial charge < -0.3 is 4.57 Å². The Morgan fingerprint density at radius 2 is 1.76 bits per heavy atom. The van der Waals surface area contributed by atoms with Gasteiger partial charge in [0.05, 0.1) is 18.4 Å². The van der Waals surface area contributed by atoms with Crippen LogP contribution in [0.5, 0.6) is 0 Å². The number of hydrogen-bond donors (Lipinski definition) is 0. The summed E-state index contributed by atoms with van der Waals surface area (Å²) < 4.78 is 17.3. The molecule has 25 heavy (non-hydrogen) atoms. The minimum Gasteiger partial charge on any atom is -0.329 e. The summed E-state index contributed by atoms with van der Waals surface area (Å²) in [4.78, 5) is 21.1. The molecule has 0 radical (unpaired) electrons. The predicted octanol–water partition coefficient (Wildman–Crippen LogP) is 2.83. The van der Waals surface area contributed by atoms with Gasteiger partial charge in [0.15, 0.2) is 0 Å². The lowest BCUT2D eigenvalue weighted by atomic mass is 10.2. The van der Waals surface area contributed by atoms with Crippen molar-refractivity contribution >= 4 is 10.9 Å². The van der Waals surface area contributed by atoms with Gasteiger partial charge in [0.2, 0.25) is 0 Å². The second kappa shape index (κ2) is 6.32. The fourth-order valence-electron chi connectivity index (χ4n) is 2.84. The van der Waals surface area contributed by atoms with Gasteiger partial charge in [-0.05, 0) is 17.7 Å². The quantitative estimate of drug-likeness (QED) is 0.577. The Bertz CT molecular complexity index is 1090. The van der Waals surface area contributed by atoms with Gasteiger partial charge in [0, 0.05) is 18.9 Å². The smallest absolute Gasteiger partial charge is 0.264 e. The molecule has 0 amide bonds. The first kappa shape index (κ1) is 15.3. The number of hydrogen-bond acceptors (Lipinski definition) is 3. The number of aromatic nitrogens is 4. The van der Waals surface area contributed by atoms with Gasteiger partial charge in [-0.3, -0.25) is 9.36 Å². The third kappa shape index (κ3) is 2.94. The first-order chi connectivity index (χ1) is 12.2. The van der Waals surface area contributed by atoms with Gasteiger partial charge in [0.1, 0.15) is 17.0 Å². The molecule has 6 heteroatoms. The van der Waals surface area contributed by atoms with Crippen LogP contribution in [0.2, 0.25) is 0 Å². The van der Waals surface area contributed by atoms with Crippen LogP contribution in [0.3, 0.4) is 0 Å². The zero-order valence-corrected chi connectivity index (χ0v) is 13.3. The molecule has 0 fully saturated rings. The summed E-state index contributed by atoms with van der Waals surface area (Å²) in [5, 5.41) is 0.00571. The van der Waals surface area contributed by atoms with Crippen molar-refractivity contribution in [2.24, 2.45) is 0 Å². The summed E-state index contributed by atoms with van der Waals surface area (Å²) >= 11 is 0.